The number of hydrogen-bond donors (Lipinski definition) is 2. The highest BCUT2D eigenvalue weighted by Crippen LogP contribution is 2.22. The second-order valence-electron chi connectivity index (χ2n) is 4.40. The molecule has 0 unspecified atom stereocenters. The van der Waals surface area contributed by atoms with Crippen LogP contribution in [0.1, 0.15) is 18.3 Å². The zero-order valence-electron chi connectivity index (χ0n) is 10.0. The van der Waals surface area contributed by atoms with Gasteiger partial charge in [-0.2, -0.15) is 0 Å². The van der Waals surface area contributed by atoms with Gasteiger partial charge in [-0.15, -0.1) is 0 Å². The first-order chi connectivity index (χ1) is 8.78. The number of methoxy groups -OCH3 is 1. The summed E-state index contributed by atoms with van der Waals surface area (Å²) in [5, 5.41) is 3.81. The van der Waals surface area contributed by atoms with Crippen molar-refractivity contribution in [2.45, 2.75) is 18.6 Å². The van der Waals surface area contributed by atoms with E-state index in [4.69, 9.17) is 4.74 Å². The SMILES string of the molecule is CO[C@@H]1CN[C@@H](c2nc3ccncc3c(=O)[nH]2)C1. The van der Waals surface area contributed by atoms with Crippen molar-refractivity contribution in [3.63, 3.8) is 0 Å². The molecule has 1 saturated heterocycles. The smallest absolute Gasteiger partial charge is 0.260 e. The molecule has 0 spiro atoms. The number of aromatic amines is 1. The van der Waals surface area contributed by atoms with E-state index in [9.17, 15) is 4.79 Å². The van der Waals surface area contributed by atoms with E-state index in [-0.39, 0.29) is 17.7 Å². The molecule has 18 heavy (non-hydrogen) atoms. The van der Waals surface area contributed by atoms with Gasteiger partial charge in [0.25, 0.3) is 5.56 Å². The van der Waals surface area contributed by atoms with E-state index in [1.807, 2.05) is 0 Å². The van der Waals surface area contributed by atoms with Crippen LogP contribution in [0.15, 0.2) is 23.3 Å². The summed E-state index contributed by atoms with van der Waals surface area (Å²) >= 11 is 0. The van der Waals surface area contributed by atoms with Crippen molar-refractivity contribution in [2.75, 3.05) is 13.7 Å². The van der Waals surface area contributed by atoms with Gasteiger partial charge >= 0.3 is 0 Å². The molecule has 0 aromatic carbocycles. The molecule has 6 nitrogen and oxygen atoms in total. The molecule has 0 aliphatic carbocycles. The lowest BCUT2D eigenvalue weighted by Gasteiger charge is -2.10. The van der Waals surface area contributed by atoms with Crippen LogP contribution < -0.4 is 10.9 Å². The van der Waals surface area contributed by atoms with Gasteiger partial charge < -0.3 is 15.0 Å². The van der Waals surface area contributed by atoms with Gasteiger partial charge in [0.1, 0.15) is 5.82 Å². The minimum atomic E-state index is -0.147. The molecule has 0 amide bonds. The maximum atomic E-state index is 11.9. The quantitative estimate of drug-likeness (QED) is 0.800. The lowest BCUT2D eigenvalue weighted by atomic mass is 10.2. The molecule has 0 bridgehead atoms. The largest absolute Gasteiger partial charge is 0.380 e. The van der Waals surface area contributed by atoms with Crippen molar-refractivity contribution in [2.24, 2.45) is 0 Å². The Balaban J connectivity index is 2.01. The molecule has 94 valence electrons. The van der Waals surface area contributed by atoms with Crippen molar-refractivity contribution < 1.29 is 4.74 Å². The van der Waals surface area contributed by atoms with Crippen LogP contribution in [0.4, 0.5) is 0 Å². The maximum absolute atomic E-state index is 11.9. The van der Waals surface area contributed by atoms with Gasteiger partial charge in [0.05, 0.1) is 23.0 Å². The van der Waals surface area contributed by atoms with Crippen molar-refractivity contribution in [3.05, 3.63) is 34.6 Å². The minimum Gasteiger partial charge on any atom is -0.380 e. The van der Waals surface area contributed by atoms with Crippen LogP contribution in [0.5, 0.6) is 0 Å². The number of nitrogens with one attached hydrogen (secondary N) is 2. The summed E-state index contributed by atoms with van der Waals surface area (Å²) in [6.45, 7) is 0.777. The highest BCUT2D eigenvalue weighted by molar-refractivity contribution is 5.75. The first-order valence-corrected chi connectivity index (χ1v) is 5.88. The van der Waals surface area contributed by atoms with Crippen LogP contribution in [0.2, 0.25) is 0 Å². The highest BCUT2D eigenvalue weighted by Gasteiger charge is 2.27. The molecular weight excluding hydrogens is 232 g/mol. The number of H-pyrrole nitrogens is 1. The van der Waals surface area contributed by atoms with Crippen molar-refractivity contribution >= 4 is 10.9 Å². The molecule has 2 N–H and O–H groups in total. The fraction of sp³-hybridized carbons (Fsp3) is 0.417. The molecule has 0 radical (unpaired) electrons. The Bertz CT molecular complexity index is 625. The Morgan fingerprint density at radius 2 is 2.39 bits per heavy atom. The van der Waals surface area contributed by atoms with Gasteiger partial charge in [0, 0.05) is 26.0 Å². The number of aromatic nitrogens is 3. The molecule has 1 fully saturated rings. The second-order valence-corrected chi connectivity index (χ2v) is 4.40. The average molecular weight is 246 g/mol. The molecule has 1 aliphatic heterocycles. The third-order valence-electron chi connectivity index (χ3n) is 3.28. The molecule has 3 heterocycles. The van der Waals surface area contributed by atoms with Crippen LogP contribution in [0, 0.1) is 0 Å². The van der Waals surface area contributed by atoms with Crippen LogP contribution in [-0.2, 0) is 4.74 Å². The normalized spacial score (nSPS) is 23.6. The molecule has 3 rings (SSSR count). The molecule has 1 aliphatic rings. The number of nitrogens with zero attached hydrogens (tertiary/aromatic N) is 2. The summed E-state index contributed by atoms with van der Waals surface area (Å²) in [5.41, 5.74) is 0.525. The number of pyridine rings is 1. The summed E-state index contributed by atoms with van der Waals surface area (Å²) in [6.07, 6.45) is 4.16. The first kappa shape index (κ1) is 11.3. The van der Waals surface area contributed by atoms with Gasteiger partial charge in [-0.05, 0) is 12.5 Å². The van der Waals surface area contributed by atoms with Crippen LogP contribution in [0.25, 0.3) is 10.9 Å². The van der Waals surface area contributed by atoms with Crippen molar-refractivity contribution in [1.82, 2.24) is 20.3 Å². The lowest BCUT2D eigenvalue weighted by Crippen LogP contribution is -2.21. The van der Waals surface area contributed by atoms with E-state index in [1.165, 1.54) is 6.20 Å². The van der Waals surface area contributed by atoms with Gasteiger partial charge in [0.2, 0.25) is 0 Å². The maximum Gasteiger partial charge on any atom is 0.260 e. The fourth-order valence-corrected chi connectivity index (χ4v) is 2.26. The van der Waals surface area contributed by atoms with Gasteiger partial charge in [-0.25, -0.2) is 4.98 Å². The monoisotopic (exact) mass is 246 g/mol. The Hall–Kier alpha value is -1.79. The van der Waals surface area contributed by atoms with Crippen molar-refractivity contribution in [3.8, 4) is 0 Å². The number of fused-ring (bicyclic) bond motifs is 1. The first-order valence-electron chi connectivity index (χ1n) is 5.88. The second kappa shape index (κ2) is 4.47. The van der Waals surface area contributed by atoms with Crippen LogP contribution >= 0.6 is 0 Å². The van der Waals surface area contributed by atoms with Crippen LogP contribution in [-0.4, -0.2) is 34.7 Å². The summed E-state index contributed by atoms with van der Waals surface area (Å²) in [5.74, 6) is 0.665. The zero-order chi connectivity index (χ0) is 12.5. The topological polar surface area (TPSA) is 79.9 Å². The Morgan fingerprint density at radius 3 is 3.17 bits per heavy atom. The highest BCUT2D eigenvalue weighted by atomic mass is 16.5. The zero-order valence-corrected chi connectivity index (χ0v) is 10.0. The Labute approximate surface area is 103 Å². The van der Waals surface area contributed by atoms with Crippen molar-refractivity contribution in [1.29, 1.82) is 0 Å². The molecule has 2 aromatic rings. The summed E-state index contributed by atoms with van der Waals surface area (Å²) < 4.78 is 5.29. The summed E-state index contributed by atoms with van der Waals surface area (Å²) in [4.78, 5) is 23.1. The van der Waals surface area contributed by atoms with Gasteiger partial charge in [-0.1, -0.05) is 0 Å². The third-order valence-corrected chi connectivity index (χ3v) is 3.28. The van der Waals surface area contributed by atoms with E-state index >= 15 is 0 Å². The molecule has 6 heteroatoms. The summed E-state index contributed by atoms with van der Waals surface area (Å²) in [6, 6.07) is 1.79. The van der Waals surface area contributed by atoms with Gasteiger partial charge in [-0.3, -0.25) is 9.78 Å². The van der Waals surface area contributed by atoms with E-state index in [0.717, 1.165) is 13.0 Å². The Morgan fingerprint density at radius 1 is 1.50 bits per heavy atom. The summed E-state index contributed by atoms with van der Waals surface area (Å²) in [7, 11) is 1.69. The Kier molecular flexibility index (Phi) is 2.81. The predicted molar refractivity (Wildman–Crippen MR) is 66.3 cm³/mol. The minimum absolute atomic E-state index is 0.0419. The number of rotatable bonds is 2. The van der Waals surface area contributed by atoms with Crippen LogP contribution in [0.3, 0.4) is 0 Å². The molecular formula is C12H14N4O2. The van der Waals surface area contributed by atoms with E-state index in [0.29, 0.717) is 16.7 Å². The van der Waals surface area contributed by atoms with E-state index < -0.39 is 0 Å². The molecule has 0 saturated carbocycles. The standard InChI is InChI=1S/C12H14N4O2/c1-18-7-4-10(14-5-7)11-15-9-2-3-13-6-8(9)12(17)16-11/h2-3,6-7,10,14H,4-5H2,1H3,(H,15,16,17)/t7-,10+/m0/s1. The van der Waals surface area contributed by atoms with E-state index in [1.54, 1.807) is 19.4 Å². The average Bonchev–Trinajstić information content (AvgIpc) is 2.87. The van der Waals surface area contributed by atoms with Gasteiger partial charge in [0.15, 0.2) is 0 Å². The fourth-order valence-electron chi connectivity index (χ4n) is 2.26. The predicted octanol–water partition coefficient (Wildman–Crippen LogP) is 0.368. The number of hydrogen-bond acceptors (Lipinski definition) is 5. The molecule has 2 aromatic heterocycles. The third kappa shape index (κ3) is 1.89. The van der Waals surface area contributed by atoms with E-state index in [2.05, 4.69) is 20.3 Å². The molecule has 2 atom stereocenters. The lowest BCUT2D eigenvalue weighted by molar-refractivity contribution is 0.117. The number of ether oxygens (including phenoxy) is 1.